The van der Waals surface area contributed by atoms with E-state index in [1.807, 2.05) is 16.7 Å². The lowest BCUT2D eigenvalue weighted by molar-refractivity contribution is -0.127. The van der Waals surface area contributed by atoms with Crippen molar-refractivity contribution in [3.63, 3.8) is 0 Å². The van der Waals surface area contributed by atoms with E-state index in [2.05, 4.69) is 48.8 Å². The molecule has 2 aromatic heterocycles. The molecule has 4 heterocycles. The van der Waals surface area contributed by atoms with Crippen LogP contribution in [0.2, 0.25) is 0 Å². The minimum absolute atomic E-state index is 0.0480. The molecule has 194 valence electrons. The van der Waals surface area contributed by atoms with Crippen molar-refractivity contribution < 1.29 is 9.90 Å². The molecule has 2 N–H and O–H groups in total. The van der Waals surface area contributed by atoms with Gasteiger partial charge in [0.1, 0.15) is 11.7 Å². The number of benzene rings is 1. The molecule has 37 heavy (non-hydrogen) atoms. The van der Waals surface area contributed by atoms with Crippen LogP contribution < -0.4 is 15.8 Å². The van der Waals surface area contributed by atoms with Crippen LogP contribution in [-0.4, -0.2) is 92.8 Å². The second kappa shape index (κ2) is 11.1. The fourth-order valence-electron chi connectivity index (χ4n) is 5.05. The highest BCUT2D eigenvalue weighted by molar-refractivity contribution is 5.87. The summed E-state index contributed by atoms with van der Waals surface area (Å²) in [5.41, 5.74) is 2.10. The molecule has 0 bridgehead atoms. The second-order valence-electron chi connectivity index (χ2n) is 9.40. The molecule has 1 amide bonds. The Kier molecular flexibility index (Phi) is 7.42. The lowest BCUT2D eigenvalue weighted by Crippen LogP contribution is -2.47. The summed E-state index contributed by atoms with van der Waals surface area (Å²) in [7, 11) is 0. The zero-order valence-electron chi connectivity index (χ0n) is 20.8. The zero-order chi connectivity index (χ0) is 25.8. The Balaban J connectivity index is 1.33. The van der Waals surface area contributed by atoms with E-state index in [9.17, 15) is 9.59 Å². The average molecular weight is 505 g/mol. The van der Waals surface area contributed by atoms with E-state index in [0.717, 1.165) is 56.9 Å². The van der Waals surface area contributed by atoms with Crippen molar-refractivity contribution in [2.75, 3.05) is 62.6 Å². The van der Waals surface area contributed by atoms with E-state index in [-0.39, 0.29) is 24.1 Å². The summed E-state index contributed by atoms with van der Waals surface area (Å²) in [4.78, 5) is 44.0. The van der Waals surface area contributed by atoms with Crippen LogP contribution in [0.3, 0.4) is 0 Å². The number of piperidine rings is 1. The summed E-state index contributed by atoms with van der Waals surface area (Å²) >= 11 is 0. The van der Waals surface area contributed by atoms with Crippen LogP contribution in [0.4, 0.5) is 17.3 Å². The molecular formula is C26H32N8O3. The van der Waals surface area contributed by atoms with Gasteiger partial charge in [-0.15, -0.1) is 0 Å². The summed E-state index contributed by atoms with van der Waals surface area (Å²) in [5.74, 6) is 0.280. The maximum absolute atomic E-state index is 12.4. The number of piperazine rings is 1. The van der Waals surface area contributed by atoms with Crippen LogP contribution in [-0.2, 0) is 4.79 Å². The fraction of sp³-hybridized carbons (Fsp3) is 0.423. The monoisotopic (exact) mass is 504 g/mol. The summed E-state index contributed by atoms with van der Waals surface area (Å²) in [6, 6.07) is 8.06. The Morgan fingerprint density at radius 3 is 2.65 bits per heavy atom. The van der Waals surface area contributed by atoms with Gasteiger partial charge in [-0.1, -0.05) is 6.58 Å². The molecule has 0 radical (unpaired) electrons. The number of hydrogen-bond donors (Lipinski definition) is 2. The summed E-state index contributed by atoms with van der Waals surface area (Å²) < 4.78 is 1.88. The van der Waals surface area contributed by atoms with Crippen molar-refractivity contribution in [2.45, 2.75) is 18.9 Å². The van der Waals surface area contributed by atoms with E-state index in [1.54, 1.807) is 4.90 Å². The molecule has 0 aliphatic carbocycles. The SMILES string of the molecule is C=CC(=O)N1CCCC(n2cnc(=O)c3cnc(Nc4ccc(N5CCN(CCO)CC5)cc4)nc32)C1. The second-order valence-corrected chi connectivity index (χ2v) is 9.40. The third-order valence-corrected chi connectivity index (χ3v) is 7.10. The van der Waals surface area contributed by atoms with Crippen molar-refractivity contribution in [2.24, 2.45) is 0 Å². The number of nitrogens with one attached hydrogen (secondary N) is 1. The Bertz CT molecular complexity index is 1320. The third kappa shape index (κ3) is 5.47. The van der Waals surface area contributed by atoms with Gasteiger partial charge < -0.3 is 24.8 Å². The van der Waals surface area contributed by atoms with Crippen LogP contribution in [0.25, 0.3) is 11.0 Å². The number of aromatic nitrogens is 4. The molecule has 2 fully saturated rings. The molecule has 0 spiro atoms. The Labute approximate surface area is 215 Å². The predicted molar refractivity (Wildman–Crippen MR) is 142 cm³/mol. The van der Waals surface area contributed by atoms with Crippen molar-refractivity contribution in [3.05, 3.63) is 59.8 Å². The van der Waals surface area contributed by atoms with Crippen molar-refractivity contribution in [3.8, 4) is 0 Å². The number of rotatable bonds is 7. The van der Waals surface area contributed by atoms with E-state index in [4.69, 9.17) is 5.11 Å². The van der Waals surface area contributed by atoms with Gasteiger partial charge in [0, 0.05) is 63.4 Å². The molecule has 1 unspecified atom stereocenters. The maximum Gasteiger partial charge on any atom is 0.283 e. The molecule has 2 aliphatic heterocycles. The Morgan fingerprint density at radius 1 is 1.14 bits per heavy atom. The smallest absolute Gasteiger partial charge is 0.283 e. The first-order chi connectivity index (χ1) is 18.1. The number of β-amino-alcohol motifs (C(OH)–C–C–N with tert-alkyl or cyclic N) is 1. The first-order valence-electron chi connectivity index (χ1n) is 12.7. The fourth-order valence-corrected chi connectivity index (χ4v) is 5.05. The molecule has 2 aliphatic rings. The van der Waals surface area contributed by atoms with Crippen molar-refractivity contribution >= 4 is 34.3 Å². The summed E-state index contributed by atoms with van der Waals surface area (Å²) in [5, 5.41) is 12.7. The van der Waals surface area contributed by atoms with Crippen LogP contribution in [0.1, 0.15) is 18.9 Å². The first kappa shape index (κ1) is 24.8. The minimum atomic E-state index is -0.379. The van der Waals surface area contributed by atoms with Gasteiger partial charge in [-0.25, -0.2) is 4.98 Å². The maximum atomic E-state index is 12.4. The molecule has 1 aromatic carbocycles. The van der Waals surface area contributed by atoms with Crippen LogP contribution >= 0.6 is 0 Å². The average Bonchev–Trinajstić information content (AvgIpc) is 2.94. The van der Waals surface area contributed by atoms with Gasteiger partial charge in [0.15, 0.2) is 5.65 Å². The lowest BCUT2D eigenvalue weighted by Gasteiger charge is -2.35. The lowest BCUT2D eigenvalue weighted by atomic mass is 10.1. The standard InChI is InChI=1S/C26H32N8O3/c1-2-23(36)33-9-3-4-21(17-33)34-18-28-25(37)22-16-27-26(30-24(22)34)29-19-5-7-20(8-6-19)32-12-10-31(11-13-32)14-15-35/h2,5-8,16,18,21,35H,1,3-4,9-15,17H2,(H,27,29,30). The number of aliphatic hydroxyl groups is 1. The van der Waals surface area contributed by atoms with Crippen molar-refractivity contribution in [1.82, 2.24) is 29.3 Å². The molecule has 1 atom stereocenters. The van der Waals surface area contributed by atoms with Gasteiger partial charge in [-0.05, 0) is 43.2 Å². The largest absolute Gasteiger partial charge is 0.395 e. The molecular weight excluding hydrogens is 472 g/mol. The Morgan fingerprint density at radius 2 is 1.92 bits per heavy atom. The van der Waals surface area contributed by atoms with Gasteiger partial charge in [-0.2, -0.15) is 9.97 Å². The molecule has 5 rings (SSSR count). The highest BCUT2D eigenvalue weighted by atomic mass is 16.3. The van der Waals surface area contributed by atoms with Gasteiger partial charge >= 0.3 is 0 Å². The van der Waals surface area contributed by atoms with Gasteiger partial charge in [0.05, 0.1) is 12.6 Å². The number of nitrogens with zero attached hydrogens (tertiary/aromatic N) is 7. The normalized spacial score (nSPS) is 18.7. The molecule has 11 heteroatoms. The van der Waals surface area contributed by atoms with E-state index >= 15 is 0 Å². The topological polar surface area (TPSA) is 120 Å². The number of carbonyl (C=O) groups is 1. The number of amides is 1. The van der Waals surface area contributed by atoms with Gasteiger partial charge in [-0.3, -0.25) is 14.5 Å². The van der Waals surface area contributed by atoms with E-state index in [1.165, 1.54) is 18.6 Å². The number of aliphatic hydroxyl groups excluding tert-OH is 1. The quantitative estimate of drug-likeness (QED) is 0.460. The summed E-state index contributed by atoms with van der Waals surface area (Å²) in [6.45, 7) is 9.40. The Hall–Kier alpha value is -3.83. The first-order valence-corrected chi connectivity index (χ1v) is 12.7. The number of hydrogen-bond acceptors (Lipinski definition) is 9. The third-order valence-electron chi connectivity index (χ3n) is 7.10. The molecule has 0 saturated carbocycles. The predicted octanol–water partition coefficient (Wildman–Crippen LogP) is 1.39. The van der Waals surface area contributed by atoms with Gasteiger partial charge in [0.25, 0.3) is 5.56 Å². The highest BCUT2D eigenvalue weighted by Crippen LogP contribution is 2.25. The summed E-state index contributed by atoms with van der Waals surface area (Å²) in [6.07, 6.45) is 6.05. The van der Waals surface area contributed by atoms with Crippen LogP contribution in [0.15, 0.2) is 54.2 Å². The molecule has 3 aromatic rings. The molecule has 2 saturated heterocycles. The number of carbonyl (C=O) groups excluding carboxylic acids is 1. The zero-order valence-corrected chi connectivity index (χ0v) is 20.8. The highest BCUT2D eigenvalue weighted by Gasteiger charge is 2.25. The number of likely N-dealkylation sites (tertiary alicyclic amines) is 1. The molecule has 11 nitrogen and oxygen atoms in total. The minimum Gasteiger partial charge on any atom is -0.395 e. The number of fused-ring (bicyclic) bond motifs is 1. The van der Waals surface area contributed by atoms with E-state index in [0.29, 0.717) is 30.1 Å². The van der Waals surface area contributed by atoms with Crippen LogP contribution in [0, 0.1) is 0 Å². The van der Waals surface area contributed by atoms with Crippen LogP contribution in [0.5, 0.6) is 0 Å². The number of anilines is 3. The van der Waals surface area contributed by atoms with Crippen molar-refractivity contribution in [1.29, 1.82) is 0 Å². The van der Waals surface area contributed by atoms with E-state index < -0.39 is 0 Å². The van der Waals surface area contributed by atoms with Gasteiger partial charge in [0.2, 0.25) is 11.9 Å².